The smallest absolute Gasteiger partial charge is 0.253 e. The number of aromatic nitrogens is 1. The van der Waals surface area contributed by atoms with E-state index in [2.05, 4.69) is 56.7 Å². The minimum absolute atomic E-state index is 0.00457. The molecule has 0 saturated carbocycles. The number of carbonyl (C=O) groups excluding carboxylic acids is 1. The molecular weight excluding hydrogens is 464 g/mol. The van der Waals surface area contributed by atoms with E-state index in [9.17, 15) is 9.90 Å². The topological polar surface area (TPSA) is 77.9 Å². The van der Waals surface area contributed by atoms with Crippen LogP contribution in [0.2, 0.25) is 0 Å². The van der Waals surface area contributed by atoms with Crippen LogP contribution in [0.4, 0.5) is 5.82 Å². The van der Waals surface area contributed by atoms with Crippen LogP contribution >= 0.6 is 0 Å². The molecule has 1 aromatic heterocycles. The van der Waals surface area contributed by atoms with Crippen LogP contribution in [0, 0.1) is 0 Å². The number of anilines is 1. The monoisotopic (exact) mass is 510 g/mol. The normalized spacial score (nSPS) is 19.9. The molecule has 1 aliphatic rings. The molecule has 0 aliphatic carbocycles. The van der Waals surface area contributed by atoms with Crippen molar-refractivity contribution in [2.45, 2.75) is 96.6 Å². The SMILES string of the molecule is CN(C)C(=O)c1ccc(C[C@@H]2CCC[C@H]([C@H](O)c3ccc(NC(C)(C)C)nc3)N2COC(C)(C)C)cc1. The highest BCUT2D eigenvalue weighted by molar-refractivity contribution is 5.93. The van der Waals surface area contributed by atoms with Crippen LogP contribution in [0.1, 0.15) is 88.4 Å². The lowest BCUT2D eigenvalue weighted by atomic mass is 9.87. The molecule has 3 rings (SSSR count). The number of benzene rings is 1. The number of likely N-dealkylation sites (tertiary alicyclic amines) is 1. The third kappa shape index (κ3) is 8.52. The zero-order valence-electron chi connectivity index (χ0n) is 23.9. The van der Waals surface area contributed by atoms with Crippen LogP contribution in [0.25, 0.3) is 0 Å². The maximum Gasteiger partial charge on any atom is 0.253 e. The van der Waals surface area contributed by atoms with E-state index in [4.69, 9.17) is 4.74 Å². The van der Waals surface area contributed by atoms with Gasteiger partial charge in [0.2, 0.25) is 0 Å². The van der Waals surface area contributed by atoms with Gasteiger partial charge in [0, 0.05) is 49.0 Å². The Kier molecular flexibility index (Phi) is 9.37. The quantitative estimate of drug-likeness (QED) is 0.504. The number of nitrogens with one attached hydrogen (secondary N) is 1. The van der Waals surface area contributed by atoms with Gasteiger partial charge >= 0.3 is 0 Å². The third-order valence-electron chi connectivity index (χ3n) is 6.65. The molecule has 1 saturated heterocycles. The molecule has 2 heterocycles. The lowest BCUT2D eigenvalue weighted by Crippen LogP contribution is -2.52. The van der Waals surface area contributed by atoms with Crippen molar-refractivity contribution < 1.29 is 14.6 Å². The van der Waals surface area contributed by atoms with Gasteiger partial charge in [-0.05, 0) is 84.6 Å². The zero-order chi connectivity index (χ0) is 27.4. The average Bonchev–Trinajstić information content (AvgIpc) is 2.81. The van der Waals surface area contributed by atoms with Crippen molar-refractivity contribution in [2.24, 2.45) is 0 Å². The van der Waals surface area contributed by atoms with Crippen LogP contribution < -0.4 is 5.32 Å². The molecule has 1 aliphatic heterocycles. The number of nitrogens with zero attached hydrogens (tertiary/aromatic N) is 3. The minimum Gasteiger partial charge on any atom is -0.387 e. The number of hydrogen-bond acceptors (Lipinski definition) is 6. The number of carbonyl (C=O) groups is 1. The van der Waals surface area contributed by atoms with Crippen molar-refractivity contribution in [1.29, 1.82) is 0 Å². The molecule has 1 amide bonds. The minimum atomic E-state index is -0.664. The number of pyridine rings is 1. The van der Waals surface area contributed by atoms with E-state index in [0.29, 0.717) is 12.3 Å². The van der Waals surface area contributed by atoms with Gasteiger partial charge in [0.15, 0.2) is 0 Å². The van der Waals surface area contributed by atoms with Crippen LogP contribution in [-0.4, -0.2) is 69.8 Å². The summed E-state index contributed by atoms with van der Waals surface area (Å²) in [6.07, 6.45) is 4.91. The Morgan fingerprint density at radius 2 is 1.78 bits per heavy atom. The average molecular weight is 511 g/mol. The molecule has 7 heteroatoms. The van der Waals surface area contributed by atoms with Crippen LogP contribution in [-0.2, 0) is 11.2 Å². The fourth-order valence-corrected chi connectivity index (χ4v) is 4.77. The summed E-state index contributed by atoms with van der Waals surface area (Å²) in [6.45, 7) is 12.9. The molecule has 3 atom stereocenters. The fraction of sp³-hybridized carbons (Fsp3) is 0.600. The summed E-state index contributed by atoms with van der Waals surface area (Å²) in [7, 11) is 3.53. The lowest BCUT2D eigenvalue weighted by molar-refractivity contribution is -0.120. The number of piperidine rings is 1. The molecule has 2 aromatic rings. The molecule has 0 bridgehead atoms. The molecule has 1 aromatic carbocycles. The van der Waals surface area contributed by atoms with Crippen molar-refractivity contribution >= 4 is 11.7 Å². The molecule has 37 heavy (non-hydrogen) atoms. The number of ether oxygens (including phenoxy) is 1. The Morgan fingerprint density at radius 1 is 1.11 bits per heavy atom. The van der Waals surface area contributed by atoms with Gasteiger partial charge in [-0.2, -0.15) is 0 Å². The summed E-state index contributed by atoms with van der Waals surface area (Å²) in [5.74, 6) is 0.805. The second kappa shape index (κ2) is 11.9. The van der Waals surface area contributed by atoms with Crippen molar-refractivity contribution in [3.63, 3.8) is 0 Å². The Bertz CT molecular complexity index is 1010. The van der Waals surface area contributed by atoms with E-state index in [1.807, 2.05) is 36.4 Å². The van der Waals surface area contributed by atoms with Gasteiger partial charge in [-0.3, -0.25) is 9.69 Å². The van der Waals surface area contributed by atoms with Crippen molar-refractivity contribution in [3.8, 4) is 0 Å². The van der Waals surface area contributed by atoms with E-state index in [-0.39, 0.29) is 29.1 Å². The molecule has 0 radical (unpaired) electrons. The summed E-state index contributed by atoms with van der Waals surface area (Å²) >= 11 is 0. The first-order valence-corrected chi connectivity index (χ1v) is 13.4. The predicted molar refractivity (Wildman–Crippen MR) is 150 cm³/mol. The number of rotatable bonds is 8. The van der Waals surface area contributed by atoms with Gasteiger partial charge in [0.05, 0.1) is 11.7 Å². The standard InChI is InChI=1S/C30H46N4O3/c1-29(2,3)32-26-17-16-23(19-31-26)27(35)25-11-9-10-24(34(25)20-37-30(4,5)6)18-21-12-14-22(15-13-21)28(36)33(7)8/h12-17,19,24-25,27,35H,9-11,18,20H2,1-8H3,(H,31,32)/t24-,25+,27+/m0/s1. The lowest BCUT2D eigenvalue weighted by Gasteiger charge is -2.45. The molecule has 7 nitrogen and oxygen atoms in total. The van der Waals surface area contributed by atoms with Gasteiger partial charge in [0.25, 0.3) is 5.91 Å². The van der Waals surface area contributed by atoms with Crippen molar-refractivity contribution in [2.75, 3.05) is 26.1 Å². The first-order chi connectivity index (χ1) is 17.2. The van der Waals surface area contributed by atoms with Crippen LogP contribution in [0.3, 0.4) is 0 Å². The number of aliphatic hydroxyl groups excluding tert-OH is 1. The van der Waals surface area contributed by atoms with Gasteiger partial charge in [-0.25, -0.2) is 4.98 Å². The van der Waals surface area contributed by atoms with Crippen molar-refractivity contribution in [1.82, 2.24) is 14.8 Å². The molecule has 1 fully saturated rings. The molecule has 2 N–H and O–H groups in total. The summed E-state index contributed by atoms with van der Waals surface area (Å²) in [5.41, 5.74) is 2.32. The second-order valence-corrected chi connectivity index (χ2v) is 12.4. The number of amides is 1. The van der Waals surface area contributed by atoms with E-state index in [1.54, 1.807) is 25.2 Å². The third-order valence-corrected chi connectivity index (χ3v) is 6.65. The number of aliphatic hydroxyl groups is 1. The zero-order valence-corrected chi connectivity index (χ0v) is 23.9. The Morgan fingerprint density at radius 3 is 2.32 bits per heavy atom. The highest BCUT2D eigenvalue weighted by Gasteiger charge is 2.36. The molecule has 204 valence electrons. The van der Waals surface area contributed by atoms with Crippen LogP contribution in [0.5, 0.6) is 0 Å². The van der Waals surface area contributed by atoms with E-state index in [0.717, 1.165) is 37.1 Å². The summed E-state index contributed by atoms with van der Waals surface area (Å²) < 4.78 is 6.24. The summed E-state index contributed by atoms with van der Waals surface area (Å²) in [5, 5.41) is 14.9. The largest absolute Gasteiger partial charge is 0.387 e. The van der Waals surface area contributed by atoms with Crippen molar-refractivity contribution in [3.05, 3.63) is 59.3 Å². The van der Waals surface area contributed by atoms with Gasteiger partial charge in [0.1, 0.15) is 12.5 Å². The molecule has 0 spiro atoms. The first kappa shape index (κ1) is 29.1. The van der Waals surface area contributed by atoms with E-state index in [1.165, 1.54) is 5.56 Å². The summed E-state index contributed by atoms with van der Waals surface area (Å²) in [6, 6.07) is 12.0. The van der Waals surface area contributed by atoms with Gasteiger partial charge in [-0.1, -0.05) is 24.6 Å². The highest BCUT2D eigenvalue weighted by atomic mass is 16.5. The fourth-order valence-electron chi connectivity index (χ4n) is 4.77. The Labute approximate surface area is 223 Å². The molecular formula is C30H46N4O3. The predicted octanol–water partition coefficient (Wildman–Crippen LogP) is 5.27. The Balaban J connectivity index is 1.80. The maximum absolute atomic E-state index is 12.3. The Hall–Kier alpha value is -2.48. The van der Waals surface area contributed by atoms with Crippen LogP contribution in [0.15, 0.2) is 42.6 Å². The molecule has 0 unspecified atom stereocenters. The number of hydrogen-bond donors (Lipinski definition) is 2. The van der Waals surface area contributed by atoms with Gasteiger partial charge < -0.3 is 20.1 Å². The first-order valence-electron chi connectivity index (χ1n) is 13.4. The van der Waals surface area contributed by atoms with E-state index >= 15 is 0 Å². The highest BCUT2D eigenvalue weighted by Crippen LogP contribution is 2.34. The summed E-state index contributed by atoms with van der Waals surface area (Å²) in [4.78, 5) is 20.8. The second-order valence-electron chi connectivity index (χ2n) is 12.4. The maximum atomic E-state index is 12.3. The van der Waals surface area contributed by atoms with Gasteiger partial charge in [-0.15, -0.1) is 0 Å². The van der Waals surface area contributed by atoms with E-state index < -0.39 is 6.10 Å².